The van der Waals surface area contributed by atoms with Crippen LogP contribution >= 0.6 is 0 Å². The largest absolute Gasteiger partial charge is 0.326 e. The summed E-state index contributed by atoms with van der Waals surface area (Å²) in [5, 5.41) is 0. The lowest BCUT2D eigenvalue weighted by Crippen LogP contribution is -2.06. The van der Waals surface area contributed by atoms with Crippen LogP contribution in [0.15, 0.2) is 72.8 Å². The molecular formula is C20H17N. The third-order valence-corrected chi connectivity index (χ3v) is 4.42. The van der Waals surface area contributed by atoms with Gasteiger partial charge in [0.1, 0.15) is 0 Å². The van der Waals surface area contributed by atoms with E-state index in [2.05, 4.69) is 72.8 Å². The van der Waals surface area contributed by atoms with Crippen molar-refractivity contribution in [3.8, 4) is 11.1 Å². The summed E-state index contributed by atoms with van der Waals surface area (Å²) in [4.78, 5) is 0. The average molecular weight is 271 g/mol. The molecule has 0 fully saturated rings. The zero-order valence-electron chi connectivity index (χ0n) is 11.8. The summed E-state index contributed by atoms with van der Waals surface area (Å²) in [6.07, 6.45) is 0. The van der Waals surface area contributed by atoms with Crippen LogP contribution in [-0.4, -0.2) is 0 Å². The summed E-state index contributed by atoms with van der Waals surface area (Å²) >= 11 is 0. The molecule has 0 saturated carbocycles. The number of fused-ring (bicyclic) bond motifs is 3. The summed E-state index contributed by atoms with van der Waals surface area (Å²) in [5.41, 5.74) is 14.0. The molecule has 0 saturated heterocycles. The fourth-order valence-corrected chi connectivity index (χ4v) is 3.49. The molecule has 0 atom stereocenters. The van der Waals surface area contributed by atoms with Crippen LogP contribution in [0.2, 0.25) is 0 Å². The van der Waals surface area contributed by atoms with Crippen molar-refractivity contribution >= 4 is 0 Å². The minimum atomic E-state index is 0.303. The van der Waals surface area contributed by atoms with Crippen LogP contribution in [0.25, 0.3) is 11.1 Å². The fourth-order valence-electron chi connectivity index (χ4n) is 3.49. The zero-order valence-corrected chi connectivity index (χ0v) is 11.8. The van der Waals surface area contributed by atoms with Gasteiger partial charge < -0.3 is 5.73 Å². The molecule has 0 bridgehead atoms. The fraction of sp³-hybridized carbons (Fsp3) is 0.100. The Morgan fingerprint density at radius 3 is 1.67 bits per heavy atom. The first-order valence-corrected chi connectivity index (χ1v) is 7.36. The molecule has 1 aliphatic rings. The van der Waals surface area contributed by atoms with E-state index in [1.807, 2.05) is 0 Å². The minimum absolute atomic E-state index is 0.303. The monoisotopic (exact) mass is 271 g/mol. The van der Waals surface area contributed by atoms with Crippen molar-refractivity contribution in [2.45, 2.75) is 12.5 Å². The second kappa shape index (κ2) is 4.87. The Morgan fingerprint density at radius 1 is 0.619 bits per heavy atom. The van der Waals surface area contributed by atoms with Gasteiger partial charge in [0, 0.05) is 12.5 Å². The Bertz CT molecular complexity index is 759. The minimum Gasteiger partial charge on any atom is -0.326 e. The van der Waals surface area contributed by atoms with E-state index in [0.29, 0.717) is 12.5 Å². The summed E-state index contributed by atoms with van der Waals surface area (Å²) < 4.78 is 0. The van der Waals surface area contributed by atoms with Gasteiger partial charge in [-0.2, -0.15) is 0 Å². The van der Waals surface area contributed by atoms with E-state index in [-0.39, 0.29) is 0 Å². The molecule has 1 aliphatic carbocycles. The third-order valence-electron chi connectivity index (χ3n) is 4.42. The predicted octanol–water partition coefficient (Wildman–Crippen LogP) is 4.31. The van der Waals surface area contributed by atoms with E-state index in [4.69, 9.17) is 5.73 Å². The maximum Gasteiger partial charge on any atom is 0.0355 e. The van der Waals surface area contributed by atoms with E-state index < -0.39 is 0 Å². The second-order valence-corrected chi connectivity index (χ2v) is 5.51. The van der Waals surface area contributed by atoms with Gasteiger partial charge in [-0.25, -0.2) is 0 Å². The van der Waals surface area contributed by atoms with Gasteiger partial charge in [-0.3, -0.25) is 0 Å². The summed E-state index contributed by atoms with van der Waals surface area (Å²) in [6.45, 7) is 0.580. The molecule has 0 unspecified atom stereocenters. The lowest BCUT2D eigenvalue weighted by molar-refractivity contribution is 0.949. The van der Waals surface area contributed by atoms with Crippen molar-refractivity contribution in [3.63, 3.8) is 0 Å². The Labute approximate surface area is 125 Å². The SMILES string of the molecule is NCc1ccccc1C1c2ccccc2-c2ccccc21. The summed E-state index contributed by atoms with van der Waals surface area (Å²) in [7, 11) is 0. The highest BCUT2D eigenvalue weighted by Crippen LogP contribution is 2.48. The Balaban J connectivity index is 2.01. The number of nitrogens with two attached hydrogens (primary N) is 1. The van der Waals surface area contributed by atoms with Gasteiger partial charge in [0.25, 0.3) is 0 Å². The molecular weight excluding hydrogens is 254 g/mol. The first-order valence-electron chi connectivity index (χ1n) is 7.36. The van der Waals surface area contributed by atoms with Crippen molar-refractivity contribution in [2.24, 2.45) is 5.73 Å². The highest BCUT2D eigenvalue weighted by atomic mass is 14.5. The van der Waals surface area contributed by atoms with Crippen LogP contribution in [0.4, 0.5) is 0 Å². The Kier molecular flexibility index (Phi) is 2.87. The van der Waals surface area contributed by atoms with Gasteiger partial charge in [-0.1, -0.05) is 72.8 Å². The van der Waals surface area contributed by atoms with Crippen molar-refractivity contribution < 1.29 is 0 Å². The van der Waals surface area contributed by atoms with Gasteiger partial charge in [0.05, 0.1) is 0 Å². The van der Waals surface area contributed by atoms with Gasteiger partial charge in [-0.05, 0) is 33.4 Å². The zero-order chi connectivity index (χ0) is 14.2. The van der Waals surface area contributed by atoms with Crippen LogP contribution in [0.1, 0.15) is 28.2 Å². The van der Waals surface area contributed by atoms with Crippen molar-refractivity contribution in [1.29, 1.82) is 0 Å². The molecule has 3 aromatic carbocycles. The standard InChI is InChI=1S/C20H17N/c21-13-14-7-1-2-8-15(14)20-18-11-5-3-9-16(18)17-10-4-6-12-19(17)20/h1-12,20H,13,21H2. The van der Waals surface area contributed by atoms with Crippen molar-refractivity contribution in [2.75, 3.05) is 0 Å². The lowest BCUT2D eigenvalue weighted by Gasteiger charge is -2.17. The second-order valence-electron chi connectivity index (χ2n) is 5.51. The third kappa shape index (κ3) is 1.82. The molecule has 102 valence electrons. The number of benzene rings is 3. The Hall–Kier alpha value is -2.38. The smallest absolute Gasteiger partial charge is 0.0355 e. The quantitative estimate of drug-likeness (QED) is 0.578. The van der Waals surface area contributed by atoms with E-state index >= 15 is 0 Å². The molecule has 3 aromatic rings. The molecule has 0 radical (unpaired) electrons. The molecule has 1 heteroatoms. The first kappa shape index (κ1) is 12.4. The lowest BCUT2D eigenvalue weighted by atomic mass is 9.86. The van der Waals surface area contributed by atoms with E-state index in [0.717, 1.165) is 0 Å². The maximum atomic E-state index is 5.96. The average Bonchev–Trinajstić information content (AvgIpc) is 2.89. The molecule has 21 heavy (non-hydrogen) atoms. The molecule has 4 rings (SSSR count). The molecule has 0 amide bonds. The molecule has 0 aromatic heterocycles. The Morgan fingerprint density at radius 2 is 1.10 bits per heavy atom. The first-order chi connectivity index (χ1) is 10.4. The maximum absolute atomic E-state index is 5.96. The van der Waals surface area contributed by atoms with Gasteiger partial charge in [0.2, 0.25) is 0 Å². The van der Waals surface area contributed by atoms with Crippen LogP contribution in [0.5, 0.6) is 0 Å². The van der Waals surface area contributed by atoms with Gasteiger partial charge >= 0.3 is 0 Å². The topological polar surface area (TPSA) is 26.0 Å². The predicted molar refractivity (Wildman–Crippen MR) is 87.2 cm³/mol. The van der Waals surface area contributed by atoms with E-state index in [9.17, 15) is 0 Å². The van der Waals surface area contributed by atoms with Crippen LogP contribution < -0.4 is 5.73 Å². The van der Waals surface area contributed by atoms with Crippen LogP contribution in [-0.2, 0) is 6.54 Å². The molecule has 0 spiro atoms. The normalized spacial score (nSPS) is 13.0. The van der Waals surface area contributed by atoms with Gasteiger partial charge in [-0.15, -0.1) is 0 Å². The molecule has 0 aliphatic heterocycles. The highest BCUT2D eigenvalue weighted by molar-refractivity contribution is 5.80. The number of hydrogen-bond donors (Lipinski definition) is 1. The van der Waals surface area contributed by atoms with Crippen molar-refractivity contribution in [1.82, 2.24) is 0 Å². The molecule has 0 heterocycles. The molecule has 1 nitrogen and oxygen atoms in total. The molecule has 2 N–H and O–H groups in total. The highest BCUT2D eigenvalue weighted by Gasteiger charge is 2.30. The van der Waals surface area contributed by atoms with E-state index in [1.54, 1.807) is 0 Å². The number of rotatable bonds is 2. The van der Waals surface area contributed by atoms with E-state index in [1.165, 1.54) is 33.4 Å². The number of hydrogen-bond acceptors (Lipinski definition) is 1. The van der Waals surface area contributed by atoms with Crippen LogP contribution in [0.3, 0.4) is 0 Å². The summed E-state index contributed by atoms with van der Waals surface area (Å²) in [5.74, 6) is 0.303. The van der Waals surface area contributed by atoms with Crippen LogP contribution in [0, 0.1) is 0 Å². The summed E-state index contributed by atoms with van der Waals surface area (Å²) in [6, 6.07) is 25.9. The van der Waals surface area contributed by atoms with Crippen molar-refractivity contribution in [3.05, 3.63) is 95.1 Å². The van der Waals surface area contributed by atoms with Gasteiger partial charge in [0.15, 0.2) is 0 Å².